The van der Waals surface area contributed by atoms with Crippen molar-refractivity contribution in [1.29, 1.82) is 0 Å². The number of carbonyl (C=O) groups is 2. The molecule has 0 aliphatic carbocycles. The summed E-state index contributed by atoms with van der Waals surface area (Å²) in [7, 11) is 0. The van der Waals surface area contributed by atoms with E-state index < -0.39 is 12.1 Å². The number of H-pyrrole nitrogens is 1. The first-order valence-electron chi connectivity index (χ1n) is 8.38. The molecule has 0 aliphatic rings. The Labute approximate surface area is 150 Å². The average molecular weight is 352 g/mol. The fraction of sp³-hybridized carbons (Fsp3) is 0.211. The predicted octanol–water partition coefficient (Wildman–Crippen LogP) is 2.78. The third-order valence-corrected chi connectivity index (χ3v) is 3.92. The molecule has 0 unspecified atom stereocenters. The molecule has 1 heterocycles. The zero-order valence-electron chi connectivity index (χ0n) is 14.4. The highest BCUT2D eigenvalue weighted by Crippen LogP contribution is 2.16. The van der Waals surface area contributed by atoms with Crippen LogP contribution in [0, 0.1) is 0 Å². The Balaban J connectivity index is 1.72. The second-order valence-electron chi connectivity index (χ2n) is 5.66. The van der Waals surface area contributed by atoms with Gasteiger partial charge in [0.1, 0.15) is 0 Å². The summed E-state index contributed by atoms with van der Waals surface area (Å²) in [6, 6.07) is 16.4. The van der Waals surface area contributed by atoms with E-state index in [1.165, 1.54) is 0 Å². The first kappa shape index (κ1) is 17.5. The summed E-state index contributed by atoms with van der Waals surface area (Å²) >= 11 is 0. The SMILES string of the molecule is CCOC(=O)N[C@@H](CNC(=O)c1n[nH]c2ccccc12)c1ccccc1. The largest absolute Gasteiger partial charge is 0.450 e. The van der Waals surface area contributed by atoms with E-state index in [0.717, 1.165) is 16.5 Å². The van der Waals surface area contributed by atoms with Crippen molar-refractivity contribution >= 4 is 22.9 Å². The van der Waals surface area contributed by atoms with E-state index in [0.29, 0.717) is 5.69 Å². The number of hydrogen-bond donors (Lipinski definition) is 3. The molecule has 0 bridgehead atoms. The Bertz CT molecular complexity index is 892. The molecule has 2 aromatic carbocycles. The van der Waals surface area contributed by atoms with Gasteiger partial charge in [-0.15, -0.1) is 0 Å². The standard InChI is InChI=1S/C19H20N4O3/c1-2-26-19(25)21-16(13-8-4-3-5-9-13)12-20-18(24)17-14-10-6-7-11-15(14)22-23-17/h3-11,16H,2,12H2,1H3,(H,20,24)(H,21,25)(H,22,23)/t16-/m0/s1. The first-order chi connectivity index (χ1) is 12.7. The predicted molar refractivity (Wildman–Crippen MR) is 97.8 cm³/mol. The molecule has 7 nitrogen and oxygen atoms in total. The van der Waals surface area contributed by atoms with Gasteiger partial charge in [-0.3, -0.25) is 9.89 Å². The van der Waals surface area contributed by atoms with E-state index in [2.05, 4.69) is 20.8 Å². The molecule has 0 radical (unpaired) electrons. The van der Waals surface area contributed by atoms with Crippen LogP contribution < -0.4 is 10.6 Å². The summed E-state index contributed by atoms with van der Waals surface area (Å²) in [5.74, 6) is -0.311. The normalized spacial score (nSPS) is 11.7. The first-order valence-corrected chi connectivity index (χ1v) is 8.38. The van der Waals surface area contributed by atoms with Crippen molar-refractivity contribution in [1.82, 2.24) is 20.8 Å². The van der Waals surface area contributed by atoms with Gasteiger partial charge >= 0.3 is 6.09 Å². The Hall–Kier alpha value is -3.35. The molecular formula is C19H20N4O3. The van der Waals surface area contributed by atoms with E-state index in [1.807, 2.05) is 54.6 Å². The number of ether oxygens (including phenoxy) is 1. The number of carbonyl (C=O) groups excluding carboxylic acids is 2. The Morgan fingerprint density at radius 2 is 1.85 bits per heavy atom. The number of hydrogen-bond acceptors (Lipinski definition) is 4. The van der Waals surface area contributed by atoms with Gasteiger partial charge in [0.2, 0.25) is 0 Å². The highest BCUT2D eigenvalue weighted by molar-refractivity contribution is 6.04. The van der Waals surface area contributed by atoms with E-state index in [1.54, 1.807) is 6.92 Å². The summed E-state index contributed by atoms with van der Waals surface area (Å²) in [5, 5.41) is 13.3. The van der Waals surface area contributed by atoms with Crippen LogP contribution in [0.4, 0.5) is 4.79 Å². The molecule has 7 heteroatoms. The van der Waals surface area contributed by atoms with Gasteiger partial charge in [0.05, 0.1) is 18.2 Å². The lowest BCUT2D eigenvalue weighted by molar-refractivity contribution is 0.0943. The highest BCUT2D eigenvalue weighted by Gasteiger charge is 2.19. The van der Waals surface area contributed by atoms with Crippen LogP contribution in [0.2, 0.25) is 0 Å². The maximum atomic E-state index is 12.5. The lowest BCUT2D eigenvalue weighted by Crippen LogP contribution is -2.38. The Kier molecular flexibility index (Phi) is 5.48. The molecule has 0 saturated heterocycles. The molecule has 3 aromatic rings. The van der Waals surface area contributed by atoms with Crippen LogP contribution in [0.1, 0.15) is 29.0 Å². The molecule has 26 heavy (non-hydrogen) atoms. The topological polar surface area (TPSA) is 96.1 Å². The quantitative estimate of drug-likeness (QED) is 0.635. The zero-order chi connectivity index (χ0) is 18.4. The summed E-state index contributed by atoms with van der Waals surface area (Å²) in [4.78, 5) is 24.3. The number of para-hydroxylation sites is 1. The smallest absolute Gasteiger partial charge is 0.407 e. The fourth-order valence-electron chi connectivity index (χ4n) is 2.67. The van der Waals surface area contributed by atoms with Crippen LogP contribution in [0.5, 0.6) is 0 Å². The van der Waals surface area contributed by atoms with Gasteiger partial charge in [-0.05, 0) is 18.6 Å². The molecule has 0 aliphatic heterocycles. The number of benzene rings is 2. The number of rotatable bonds is 6. The minimum absolute atomic E-state index is 0.211. The zero-order valence-corrected chi connectivity index (χ0v) is 14.4. The average Bonchev–Trinajstić information content (AvgIpc) is 3.10. The van der Waals surface area contributed by atoms with Crippen molar-refractivity contribution in [3.8, 4) is 0 Å². The number of aromatic amines is 1. The lowest BCUT2D eigenvalue weighted by atomic mass is 10.1. The number of nitrogens with one attached hydrogen (secondary N) is 3. The fourth-order valence-corrected chi connectivity index (χ4v) is 2.67. The Morgan fingerprint density at radius 3 is 2.62 bits per heavy atom. The summed E-state index contributed by atoms with van der Waals surface area (Å²) < 4.78 is 4.95. The third kappa shape index (κ3) is 4.00. The van der Waals surface area contributed by atoms with E-state index >= 15 is 0 Å². The number of amides is 2. The van der Waals surface area contributed by atoms with Crippen molar-refractivity contribution in [3.63, 3.8) is 0 Å². The van der Waals surface area contributed by atoms with Gasteiger partial charge in [-0.2, -0.15) is 5.10 Å². The minimum atomic E-state index is -0.527. The van der Waals surface area contributed by atoms with E-state index in [9.17, 15) is 9.59 Å². The minimum Gasteiger partial charge on any atom is -0.450 e. The monoisotopic (exact) mass is 352 g/mol. The Morgan fingerprint density at radius 1 is 1.12 bits per heavy atom. The van der Waals surface area contributed by atoms with Gasteiger partial charge in [0.25, 0.3) is 5.91 Å². The lowest BCUT2D eigenvalue weighted by Gasteiger charge is -2.19. The van der Waals surface area contributed by atoms with Crippen molar-refractivity contribution < 1.29 is 14.3 Å². The van der Waals surface area contributed by atoms with Gasteiger partial charge < -0.3 is 15.4 Å². The third-order valence-electron chi connectivity index (χ3n) is 3.92. The van der Waals surface area contributed by atoms with Gasteiger partial charge in [0.15, 0.2) is 5.69 Å². The van der Waals surface area contributed by atoms with Gasteiger partial charge in [0, 0.05) is 11.9 Å². The second kappa shape index (κ2) is 8.15. The molecule has 0 fully saturated rings. The van der Waals surface area contributed by atoms with E-state index in [4.69, 9.17) is 4.74 Å². The molecule has 3 rings (SSSR count). The molecular weight excluding hydrogens is 332 g/mol. The molecule has 3 N–H and O–H groups in total. The van der Waals surface area contributed by atoms with Crippen molar-refractivity contribution in [3.05, 3.63) is 65.9 Å². The molecule has 1 atom stereocenters. The van der Waals surface area contributed by atoms with Crippen LogP contribution in [0.15, 0.2) is 54.6 Å². The number of alkyl carbamates (subject to hydrolysis) is 1. The highest BCUT2D eigenvalue weighted by atomic mass is 16.5. The number of fused-ring (bicyclic) bond motifs is 1. The van der Waals surface area contributed by atoms with E-state index in [-0.39, 0.29) is 19.1 Å². The van der Waals surface area contributed by atoms with Crippen LogP contribution in [0.3, 0.4) is 0 Å². The number of aromatic nitrogens is 2. The summed E-state index contributed by atoms with van der Waals surface area (Å²) in [6.07, 6.45) is -0.527. The molecule has 0 saturated carbocycles. The van der Waals surface area contributed by atoms with Crippen LogP contribution in [0.25, 0.3) is 10.9 Å². The van der Waals surface area contributed by atoms with Crippen LogP contribution >= 0.6 is 0 Å². The van der Waals surface area contributed by atoms with Crippen LogP contribution in [-0.4, -0.2) is 35.3 Å². The van der Waals surface area contributed by atoms with Gasteiger partial charge in [-0.1, -0.05) is 48.5 Å². The van der Waals surface area contributed by atoms with Crippen molar-refractivity contribution in [2.75, 3.05) is 13.2 Å². The van der Waals surface area contributed by atoms with Crippen LogP contribution in [-0.2, 0) is 4.74 Å². The molecule has 1 aromatic heterocycles. The molecule has 134 valence electrons. The maximum Gasteiger partial charge on any atom is 0.407 e. The van der Waals surface area contributed by atoms with Crippen molar-refractivity contribution in [2.24, 2.45) is 0 Å². The molecule has 2 amide bonds. The number of nitrogens with zero attached hydrogens (tertiary/aromatic N) is 1. The van der Waals surface area contributed by atoms with Crippen molar-refractivity contribution in [2.45, 2.75) is 13.0 Å². The van der Waals surface area contributed by atoms with Gasteiger partial charge in [-0.25, -0.2) is 4.79 Å². The second-order valence-corrected chi connectivity index (χ2v) is 5.66. The summed E-state index contributed by atoms with van der Waals surface area (Å²) in [6.45, 7) is 2.23. The molecule has 0 spiro atoms. The summed E-state index contributed by atoms with van der Waals surface area (Å²) in [5.41, 5.74) is 1.98. The maximum absolute atomic E-state index is 12.5.